The lowest BCUT2D eigenvalue weighted by molar-refractivity contribution is -0.146. The average Bonchev–Trinajstić information content (AvgIpc) is 3.61. The first-order chi connectivity index (χ1) is 17.6. The first-order valence-electron chi connectivity index (χ1n) is 12.8. The minimum Gasteiger partial charge on any atom is -0.465 e. The molecule has 36 heavy (non-hydrogen) atoms. The zero-order valence-corrected chi connectivity index (χ0v) is 21.5. The molecule has 0 bridgehead atoms. The Bertz CT molecular complexity index is 1290. The number of aryl methyl sites for hydroxylation is 1. The van der Waals surface area contributed by atoms with Crippen LogP contribution in [0.25, 0.3) is 21.6 Å². The highest BCUT2D eigenvalue weighted by atomic mass is 32.1. The highest BCUT2D eigenvalue weighted by Gasteiger charge is 2.52. The molecule has 1 aromatic heterocycles. The number of benzene rings is 3. The number of carbonyl (C=O) groups is 1. The summed E-state index contributed by atoms with van der Waals surface area (Å²) in [5, 5.41) is 12.6. The molecule has 1 N–H and O–H groups in total. The van der Waals surface area contributed by atoms with Gasteiger partial charge in [-0.15, -0.1) is 11.3 Å². The van der Waals surface area contributed by atoms with Gasteiger partial charge in [0.15, 0.2) is 0 Å². The largest absolute Gasteiger partial charge is 0.465 e. The molecule has 3 nitrogen and oxygen atoms in total. The molecular weight excluding hydrogens is 464 g/mol. The fourth-order valence-corrected chi connectivity index (χ4v) is 5.88. The van der Waals surface area contributed by atoms with Crippen molar-refractivity contribution in [1.82, 2.24) is 0 Å². The number of ether oxygens (including phenoxy) is 1. The smallest absolute Gasteiger partial charge is 0.316 e. The van der Waals surface area contributed by atoms with Crippen LogP contribution in [0.1, 0.15) is 55.4 Å². The van der Waals surface area contributed by atoms with E-state index in [0.717, 1.165) is 54.4 Å². The van der Waals surface area contributed by atoms with E-state index in [1.807, 2.05) is 37.3 Å². The molecule has 1 heterocycles. The Labute approximate surface area is 217 Å². The Hall–Kier alpha value is -3.21. The topological polar surface area (TPSA) is 46.5 Å². The highest BCUT2D eigenvalue weighted by Crippen LogP contribution is 2.49. The number of hydrogen-bond donors (Lipinski definition) is 1. The molecule has 0 saturated heterocycles. The van der Waals surface area contributed by atoms with Gasteiger partial charge in [-0.05, 0) is 83.9 Å². The van der Waals surface area contributed by atoms with E-state index in [9.17, 15) is 9.90 Å². The van der Waals surface area contributed by atoms with Crippen molar-refractivity contribution in [3.05, 3.63) is 107 Å². The molecule has 3 aromatic carbocycles. The Kier molecular flexibility index (Phi) is 7.35. The van der Waals surface area contributed by atoms with Gasteiger partial charge in [0, 0.05) is 4.88 Å². The minimum absolute atomic E-state index is 0.0940. The molecule has 1 saturated carbocycles. The first-order valence-corrected chi connectivity index (χ1v) is 13.7. The molecule has 0 amide bonds. The van der Waals surface area contributed by atoms with Gasteiger partial charge in [0.2, 0.25) is 0 Å². The van der Waals surface area contributed by atoms with Crippen molar-refractivity contribution in [1.29, 1.82) is 0 Å². The zero-order valence-electron chi connectivity index (χ0n) is 20.7. The van der Waals surface area contributed by atoms with Gasteiger partial charge in [-0.1, -0.05) is 78.9 Å². The zero-order chi connectivity index (χ0) is 25.0. The Balaban J connectivity index is 1.23. The van der Waals surface area contributed by atoms with Gasteiger partial charge in [0.25, 0.3) is 0 Å². The molecule has 1 aliphatic carbocycles. The predicted molar refractivity (Wildman–Crippen MR) is 147 cm³/mol. The molecule has 184 valence electrons. The summed E-state index contributed by atoms with van der Waals surface area (Å²) in [6.45, 7) is 2.28. The summed E-state index contributed by atoms with van der Waals surface area (Å²) in [5.41, 5.74) is 6.49. The van der Waals surface area contributed by atoms with Crippen molar-refractivity contribution in [2.45, 2.75) is 50.5 Å². The summed E-state index contributed by atoms with van der Waals surface area (Å²) in [6, 6.07) is 29.2. The molecule has 0 spiro atoms. The molecule has 0 aliphatic heterocycles. The summed E-state index contributed by atoms with van der Waals surface area (Å²) in [7, 11) is 0. The normalized spacial score (nSPS) is 14.8. The standard InChI is InChI=1S/C32H32O3S/c1-2-35-31(34)32(20-21-32)28-17-15-24(16-18-28)23-11-13-27(14-12-23)30-26(19-22-36-30)9-6-10-29(33)25-7-4-3-5-8-25/h3-5,7-8,11-19,22,29,33H,2,6,9-10,20-21H2,1H3. The minimum atomic E-state index is -0.425. The number of thiophene rings is 1. The summed E-state index contributed by atoms with van der Waals surface area (Å²) < 4.78 is 5.30. The van der Waals surface area contributed by atoms with E-state index >= 15 is 0 Å². The van der Waals surface area contributed by atoms with Gasteiger partial charge in [-0.2, -0.15) is 0 Å². The van der Waals surface area contributed by atoms with Crippen molar-refractivity contribution in [2.75, 3.05) is 6.61 Å². The molecule has 0 radical (unpaired) electrons. The number of aliphatic hydroxyl groups is 1. The van der Waals surface area contributed by atoms with Crippen LogP contribution in [0.5, 0.6) is 0 Å². The van der Waals surface area contributed by atoms with E-state index in [4.69, 9.17) is 4.74 Å². The third-order valence-electron chi connectivity index (χ3n) is 7.19. The summed E-state index contributed by atoms with van der Waals surface area (Å²) in [4.78, 5) is 13.7. The lowest BCUT2D eigenvalue weighted by atomic mass is 9.93. The third kappa shape index (κ3) is 5.16. The summed E-state index contributed by atoms with van der Waals surface area (Å²) in [6.07, 6.45) is 3.98. The van der Waals surface area contributed by atoms with E-state index in [0.29, 0.717) is 6.61 Å². The Morgan fingerprint density at radius 2 is 1.56 bits per heavy atom. The quantitative estimate of drug-likeness (QED) is 0.229. The van der Waals surface area contributed by atoms with Crippen LogP contribution in [-0.4, -0.2) is 17.7 Å². The van der Waals surface area contributed by atoms with Gasteiger partial charge >= 0.3 is 5.97 Å². The van der Waals surface area contributed by atoms with Crippen molar-refractivity contribution < 1.29 is 14.6 Å². The van der Waals surface area contributed by atoms with E-state index in [1.54, 1.807) is 11.3 Å². The van der Waals surface area contributed by atoms with Crippen LogP contribution >= 0.6 is 11.3 Å². The van der Waals surface area contributed by atoms with Crippen molar-refractivity contribution in [3.63, 3.8) is 0 Å². The summed E-state index contributed by atoms with van der Waals surface area (Å²) in [5.74, 6) is -0.0940. The number of esters is 1. The van der Waals surface area contributed by atoms with Crippen LogP contribution in [0.15, 0.2) is 90.3 Å². The van der Waals surface area contributed by atoms with Gasteiger partial charge in [-0.3, -0.25) is 4.79 Å². The van der Waals surface area contributed by atoms with Gasteiger partial charge < -0.3 is 9.84 Å². The van der Waals surface area contributed by atoms with Crippen LogP contribution in [-0.2, 0) is 21.4 Å². The highest BCUT2D eigenvalue weighted by molar-refractivity contribution is 7.13. The van der Waals surface area contributed by atoms with Crippen molar-refractivity contribution in [2.24, 2.45) is 0 Å². The molecule has 5 rings (SSSR count). The van der Waals surface area contributed by atoms with Crippen LogP contribution < -0.4 is 0 Å². The molecule has 1 aliphatic rings. The predicted octanol–water partition coefficient (Wildman–Crippen LogP) is 7.73. The SMILES string of the molecule is CCOC(=O)C1(c2ccc(-c3ccc(-c4sccc4CCCC(O)c4ccccc4)cc3)cc2)CC1. The molecular formula is C32H32O3S. The Morgan fingerprint density at radius 3 is 2.19 bits per heavy atom. The maximum absolute atomic E-state index is 12.4. The number of carbonyl (C=O) groups excluding carboxylic acids is 1. The molecule has 1 unspecified atom stereocenters. The number of aliphatic hydroxyl groups excluding tert-OH is 1. The fourth-order valence-electron chi connectivity index (χ4n) is 4.91. The van der Waals surface area contributed by atoms with Crippen LogP contribution in [0.3, 0.4) is 0 Å². The maximum atomic E-state index is 12.4. The second-order valence-electron chi connectivity index (χ2n) is 9.55. The van der Waals surface area contributed by atoms with Gasteiger partial charge in [0.05, 0.1) is 18.1 Å². The van der Waals surface area contributed by atoms with Crippen LogP contribution in [0, 0.1) is 0 Å². The lowest BCUT2D eigenvalue weighted by Gasteiger charge is -2.15. The number of rotatable bonds is 10. The second kappa shape index (κ2) is 10.8. The van der Waals surface area contributed by atoms with Crippen LogP contribution in [0.4, 0.5) is 0 Å². The summed E-state index contributed by atoms with van der Waals surface area (Å²) >= 11 is 1.77. The maximum Gasteiger partial charge on any atom is 0.316 e. The van der Waals surface area contributed by atoms with E-state index in [2.05, 4.69) is 60.0 Å². The van der Waals surface area contributed by atoms with E-state index in [-0.39, 0.29) is 5.97 Å². The van der Waals surface area contributed by atoms with Crippen molar-refractivity contribution in [3.8, 4) is 21.6 Å². The molecule has 4 aromatic rings. The first kappa shape index (κ1) is 24.5. The van der Waals surface area contributed by atoms with E-state index in [1.165, 1.54) is 16.0 Å². The lowest BCUT2D eigenvalue weighted by Crippen LogP contribution is -2.23. The molecule has 4 heteroatoms. The van der Waals surface area contributed by atoms with Gasteiger partial charge in [0.1, 0.15) is 0 Å². The average molecular weight is 497 g/mol. The van der Waals surface area contributed by atoms with Crippen molar-refractivity contribution >= 4 is 17.3 Å². The van der Waals surface area contributed by atoms with Crippen LogP contribution in [0.2, 0.25) is 0 Å². The third-order valence-corrected chi connectivity index (χ3v) is 8.19. The fraction of sp³-hybridized carbons (Fsp3) is 0.281. The van der Waals surface area contributed by atoms with E-state index < -0.39 is 11.5 Å². The molecule has 1 fully saturated rings. The Morgan fingerprint density at radius 1 is 0.917 bits per heavy atom. The number of hydrogen-bond acceptors (Lipinski definition) is 4. The second-order valence-corrected chi connectivity index (χ2v) is 10.5. The van der Waals surface area contributed by atoms with Gasteiger partial charge in [-0.25, -0.2) is 0 Å². The monoisotopic (exact) mass is 496 g/mol. The molecule has 1 atom stereocenters.